The molecule has 0 unspecified atom stereocenters. The molecule has 1 aromatic carbocycles. The molecule has 0 aliphatic carbocycles. The number of carbonyl (C=O) groups excluding carboxylic acids is 1. The topological polar surface area (TPSA) is 38.1 Å². The molecule has 1 atom stereocenters. The van der Waals surface area contributed by atoms with E-state index in [1.807, 2.05) is 36.7 Å². The lowest BCUT2D eigenvalue weighted by Gasteiger charge is -2.28. The van der Waals surface area contributed by atoms with Gasteiger partial charge in [0.1, 0.15) is 0 Å². The average Bonchev–Trinajstić information content (AvgIpc) is 3.00. The second-order valence-electron chi connectivity index (χ2n) is 6.58. The molecule has 0 aliphatic heterocycles. The summed E-state index contributed by atoms with van der Waals surface area (Å²) in [6.07, 6.45) is 6.79. The summed E-state index contributed by atoms with van der Waals surface area (Å²) in [7, 11) is 0. The van der Waals surface area contributed by atoms with Crippen molar-refractivity contribution in [2.45, 2.75) is 46.3 Å². The molecule has 25 heavy (non-hydrogen) atoms. The molecular weight excluding hydrogens is 310 g/mol. The van der Waals surface area contributed by atoms with E-state index >= 15 is 0 Å². The van der Waals surface area contributed by atoms with Crippen molar-refractivity contribution in [2.24, 2.45) is 0 Å². The Hall–Kier alpha value is -2.46. The number of hydrogen-bond donors (Lipinski definition) is 0. The summed E-state index contributed by atoms with van der Waals surface area (Å²) in [5.41, 5.74) is 3.38. The van der Waals surface area contributed by atoms with Gasteiger partial charge in [-0.05, 0) is 36.6 Å². The Morgan fingerprint density at radius 1 is 1.20 bits per heavy atom. The van der Waals surface area contributed by atoms with Crippen LogP contribution in [0.15, 0.2) is 55.0 Å². The van der Waals surface area contributed by atoms with Crippen LogP contribution in [0.5, 0.6) is 0 Å². The molecule has 2 aromatic heterocycles. The van der Waals surface area contributed by atoms with Gasteiger partial charge in [0.25, 0.3) is 0 Å². The van der Waals surface area contributed by atoms with E-state index in [0.717, 1.165) is 30.4 Å². The Morgan fingerprint density at radius 2 is 2.00 bits per heavy atom. The van der Waals surface area contributed by atoms with Crippen molar-refractivity contribution in [3.05, 3.63) is 66.1 Å². The first-order valence-corrected chi connectivity index (χ1v) is 8.83. The van der Waals surface area contributed by atoms with Crippen LogP contribution < -0.4 is 0 Å². The first-order chi connectivity index (χ1) is 12.1. The maximum absolute atomic E-state index is 12.0. The standard InChI is InChI=1S/C21H25N3O/c1-4-16(2)23(13-18-8-7-11-22-12-18)14-19-15-24(17(3)25)21-10-6-5-9-20(19)21/h5-12,15-16H,4,13-14H2,1-3H3/t16-/m0/s1. The van der Waals surface area contributed by atoms with E-state index in [1.165, 1.54) is 11.1 Å². The van der Waals surface area contributed by atoms with Gasteiger partial charge in [-0.25, -0.2) is 0 Å². The predicted molar refractivity (Wildman–Crippen MR) is 101 cm³/mol. The third-order valence-corrected chi connectivity index (χ3v) is 4.83. The number of aromatic nitrogens is 2. The number of pyridine rings is 1. The molecule has 2 heterocycles. The van der Waals surface area contributed by atoms with Crippen molar-refractivity contribution >= 4 is 16.8 Å². The third-order valence-electron chi connectivity index (χ3n) is 4.83. The van der Waals surface area contributed by atoms with E-state index < -0.39 is 0 Å². The predicted octanol–water partition coefficient (Wildman–Crippen LogP) is 4.50. The van der Waals surface area contributed by atoms with Gasteiger partial charge < -0.3 is 0 Å². The lowest BCUT2D eigenvalue weighted by atomic mass is 10.1. The van der Waals surface area contributed by atoms with Crippen LogP contribution in [-0.4, -0.2) is 26.4 Å². The van der Waals surface area contributed by atoms with Gasteiger partial charge in [0.2, 0.25) is 5.91 Å². The Morgan fingerprint density at radius 3 is 2.68 bits per heavy atom. The van der Waals surface area contributed by atoms with Crippen LogP contribution in [0.25, 0.3) is 10.9 Å². The Bertz CT molecular complexity index is 854. The van der Waals surface area contributed by atoms with Gasteiger partial charge >= 0.3 is 0 Å². The van der Waals surface area contributed by atoms with Gasteiger partial charge in [-0.3, -0.25) is 19.2 Å². The fraction of sp³-hybridized carbons (Fsp3) is 0.333. The molecule has 4 nitrogen and oxygen atoms in total. The Balaban J connectivity index is 1.94. The smallest absolute Gasteiger partial charge is 0.227 e. The summed E-state index contributed by atoms with van der Waals surface area (Å²) < 4.78 is 1.75. The molecule has 3 aromatic rings. The van der Waals surface area contributed by atoms with Gasteiger partial charge in [0.05, 0.1) is 5.52 Å². The average molecular weight is 335 g/mol. The van der Waals surface area contributed by atoms with E-state index in [1.54, 1.807) is 17.7 Å². The van der Waals surface area contributed by atoms with Crippen LogP contribution in [0.2, 0.25) is 0 Å². The molecule has 0 N–H and O–H groups in total. The second kappa shape index (κ2) is 7.62. The fourth-order valence-electron chi connectivity index (χ4n) is 3.21. The largest absolute Gasteiger partial charge is 0.292 e. The molecule has 4 heteroatoms. The molecule has 3 rings (SSSR count). The minimum absolute atomic E-state index is 0.0461. The molecule has 0 aliphatic rings. The van der Waals surface area contributed by atoms with E-state index in [9.17, 15) is 4.79 Å². The summed E-state index contributed by atoms with van der Waals surface area (Å²) in [6, 6.07) is 12.7. The van der Waals surface area contributed by atoms with E-state index in [-0.39, 0.29) is 5.91 Å². The minimum Gasteiger partial charge on any atom is -0.292 e. The molecule has 130 valence electrons. The third kappa shape index (κ3) is 3.80. The fourth-order valence-corrected chi connectivity index (χ4v) is 3.21. The summed E-state index contributed by atoms with van der Waals surface area (Å²) in [4.78, 5) is 18.7. The van der Waals surface area contributed by atoms with E-state index in [4.69, 9.17) is 0 Å². The highest BCUT2D eigenvalue weighted by Gasteiger charge is 2.17. The zero-order chi connectivity index (χ0) is 17.8. The number of fused-ring (bicyclic) bond motifs is 1. The zero-order valence-corrected chi connectivity index (χ0v) is 15.1. The van der Waals surface area contributed by atoms with Crippen molar-refractivity contribution in [3.8, 4) is 0 Å². The highest BCUT2D eigenvalue weighted by atomic mass is 16.1. The first-order valence-electron chi connectivity index (χ1n) is 8.83. The number of hydrogen-bond acceptors (Lipinski definition) is 3. The van der Waals surface area contributed by atoms with Gasteiger partial charge in [0.15, 0.2) is 0 Å². The number of nitrogens with zero attached hydrogens (tertiary/aromatic N) is 3. The maximum atomic E-state index is 12.0. The van der Waals surface area contributed by atoms with E-state index in [2.05, 4.69) is 35.9 Å². The minimum atomic E-state index is 0.0461. The van der Waals surface area contributed by atoms with Crippen molar-refractivity contribution < 1.29 is 4.79 Å². The van der Waals surface area contributed by atoms with Crippen LogP contribution in [0.1, 0.15) is 43.1 Å². The Labute approximate surface area is 149 Å². The van der Waals surface area contributed by atoms with Crippen molar-refractivity contribution in [1.29, 1.82) is 0 Å². The van der Waals surface area contributed by atoms with Gasteiger partial charge in [-0.2, -0.15) is 0 Å². The molecule has 0 fully saturated rings. The summed E-state index contributed by atoms with van der Waals surface area (Å²) in [5, 5.41) is 1.15. The molecular formula is C21H25N3O. The van der Waals surface area contributed by atoms with Crippen LogP contribution in [-0.2, 0) is 13.1 Å². The first kappa shape index (κ1) is 17.4. The lowest BCUT2D eigenvalue weighted by Crippen LogP contribution is -2.31. The Kier molecular flexibility index (Phi) is 5.29. The molecule has 0 saturated heterocycles. The molecule has 0 radical (unpaired) electrons. The van der Waals surface area contributed by atoms with Crippen LogP contribution in [0.3, 0.4) is 0 Å². The van der Waals surface area contributed by atoms with Crippen LogP contribution >= 0.6 is 0 Å². The van der Waals surface area contributed by atoms with E-state index in [0.29, 0.717) is 6.04 Å². The normalized spacial score (nSPS) is 12.6. The van der Waals surface area contributed by atoms with Gasteiger partial charge in [-0.1, -0.05) is 31.2 Å². The molecule has 0 spiro atoms. The molecule has 0 saturated carbocycles. The van der Waals surface area contributed by atoms with Crippen molar-refractivity contribution in [1.82, 2.24) is 14.5 Å². The summed E-state index contributed by atoms with van der Waals surface area (Å²) in [6.45, 7) is 7.73. The van der Waals surface area contributed by atoms with Crippen molar-refractivity contribution in [3.63, 3.8) is 0 Å². The van der Waals surface area contributed by atoms with Gasteiger partial charge in [-0.15, -0.1) is 0 Å². The molecule has 0 bridgehead atoms. The highest BCUT2D eigenvalue weighted by Crippen LogP contribution is 2.24. The highest BCUT2D eigenvalue weighted by molar-refractivity contribution is 5.93. The van der Waals surface area contributed by atoms with Crippen molar-refractivity contribution in [2.75, 3.05) is 0 Å². The van der Waals surface area contributed by atoms with Gasteiger partial charge in [0, 0.05) is 50.0 Å². The van der Waals surface area contributed by atoms with Crippen LogP contribution in [0.4, 0.5) is 0 Å². The lowest BCUT2D eigenvalue weighted by molar-refractivity contribution is 0.0941. The summed E-state index contributed by atoms with van der Waals surface area (Å²) >= 11 is 0. The molecule has 0 amide bonds. The zero-order valence-electron chi connectivity index (χ0n) is 15.1. The quantitative estimate of drug-likeness (QED) is 0.666. The number of benzene rings is 1. The number of carbonyl (C=O) groups is 1. The number of para-hydroxylation sites is 1. The second-order valence-corrected chi connectivity index (χ2v) is 6.58. The SMILES string of the molecule is CC[C@H](C)N(Cc1cccnc1)Cc1cn(C(C)=O)c2ccccc12. The number of rotatable bonds is 6. The summed E-state index contributed by atoms with van der Waals surface area (Å²) in [5.74, 6) is 0.0461. The monoisotopic (exact) mass is 335 g/mol. The maximum Gasteiger partial charge on any atom is 0.227 e. The van der Waals surface area contributed by atoms with Crippen LogP contribution in [0, 0.1) is 0 Å².